The van der Waals surface area contributed by atoms with Gasteiger partial charge in [-0.05, 0) is 49.4 Å². The summed E-state index contributed by atoms with van der Waals surface area (Å²) < 4.78 is 14.1. The van der Waals surface area contributed by atoms with Gasteiger partial charge in [-0.15, -0.1) is 0 Å². The Morgan fingerprint density at radius 1 is 1.28 bits per heavy atom. The van der Waals surface area contributed by atoms with E-state index in [0.29, 0.717) is 36.6 Å². The van der Waals surface area contributed by atoms with Gasteiger partial charge in [-0.3, -0.25) is 14.5 Å². The van der Waals surface area contributed by atoms with Crippen molar-refractivity contribution in [1.29, 1.82) is 0 Å². The third kappa shape index (κ3) is 1.75. The lowest BCUT2D eigenvalue weighted by molar-refractivity contribution is -0.154. The van der Waals surface area contributed by atoms with E-state index in [4.69, 9.17) is 0 Å². The van der Waals surface area contributed by atoms with Gasteiger partial charge in [0.1, 0.15) is 17.1 Å². The molecule has 134 valence electrons. The van der Waals surface area contributed by atoms with Crippen molar-refractivity contribution in [3.63, 3.8) is 0 Å². The summed E-state index contributed by atoms with van der Waals surface area (Å²) in [6, 6.07) is 4.41. The molecule has 5 heteroatoms. The number of likely N-dealkylation sites (tertiary alicyclic amines) is 1. The standard InChI is InChI=1S/C20H25FN2O2/c1-12-7-8-19(16(24)9-12)18(2,3)11-23(4)20(19)14-10-13(21)5-6-15(14)22-17(20)25/h5-6,10,12H,7-9,11H2,1-4H3,(H,22,25)/t12-,19?,20?/m0/s1. The molecule has 4 rings (SSSR count). The third-order valence-electron chi connectivity index (χ3n) is 6.95. The number of rotatable bonds is 0. The van der Waals surface area contributed by atoms with Crippen LogP contribution < -0.4 is 5.32 Å². The molecule has 1 N–H and O–H groups in total. The van der Waals surface area contributed by atoms with Crippen molar-refractivity contribution in [2.75, 3.05) is 18.9 Å². The van der Waals surface area contributed by atoms with Gasteiger partial charge in [-0.25, -0.2) is 4.39 Å². The van der Waals surface area contributed by atoms with Crippen LogP contribution in [0.3, 0.4) is 0 Å². The van der Waals surface area contributed by atoms with Crippen molar-refractivity contribution in [3.05, 3.63) is 29.6 Å². The first kappa shape index (κ1) is 16.7. The molecule has 0 aromatic heterocycles. The quantitative estimate of drug-likeness (QED) is 0.785. The van der Waals surface area contributed by atoms with E-state index in [0.717, 1.165) is 6.42 Å². The number of hydrogen-bond acceptors (Lipinski definition) is 3. The summed E-state index contributed by atoms with van der Waals surface area (Å²) in [5.74, 6) is -0.0928. The highest BCUT2D eigenvalue weighted by Crippen LogP contribution is 2.67. The average molecular weight is 344 g/mol. The van der Waals surface area contributed by atoms with Gasteiger partial charge in [0.2, 0.25) is 0 Å². The average Bonchev–Trinajstić information content (AvgIpc) is 2.88. The van der Waals surface area contributed by atoms with Gasteiger partial charge < -0.3 is 5.32 Å². The summed E-state index contributed by atoms with van der Waals surface area (Å²) in [5, 5.41) is 2.93. The first-order valence-corrected chi connectivity index (χ1v) is 9.03. The molecular weight excluding hydrogens is 319 g/mol. The van der Waals surface area contributed by atoms with Gasteiger partial charge in [0.15, 0.2) is 0 Å². The lowest BCUT2D eigenvalue weighted by Gasteiger charge is -2.51. The van der Waals surface area contributed by atoms with Gasteiger partial charge in [-0.2, -0.15) is 0 Å². The molecule has 2 aliphatic heterocycles. The van der Waals surface area contributed by atoms with Crippen molar-refractivity contribution < 1.29 is 14.0 Å². The maximum absolute atomic E-state index is 14.1. The first-order chi connectivity index (χ1) is 11.7. The summed E-state index contributed by atoms with van der Waals surface area (Å²) in [4.78, 5) is 28.8. The number of fused-ring (bicyclic) bond motifs is 3. The van der Waals surface area contributed by atoms with E-state index < -0.39 is 11.0 Å². The Morgan fingerprint density at radius 2 is 2.00 bits per heavy atom. The second-order valence-electron chi connectivity index (χ2n) is 8.77. The molecule has 0 radical (unpaired) electrons. The zero-order chi connectivity index (χ0) is 18.2. The Hall–Kier alpha value is -1.75. The molecule has 0 bridgehead atoms. The van der Waals surface area contributed by atoms with E-state index in [9.17, 15) is 14.0 Å². The summed E-state index contributed by atoms with van der Waals surface area (Å²) in [7, 11) is 1.89. The van der Waals surface area contributed by atoms with Gasteiger partial charge in [0, 0.05) is 24.2 Å². The second kappa shape index (κ2) is 4.91. The van der Waals surface area contributed by atoms with Crippen LogP contribution in [0.25, 0.3) is 0 Å². The predicted octanol–water partition coefficient (Wildman–Crippen LogP) is 3.32. The number of halogens is 1. The minimum absolute atomic E-state index is 0.146. The molecule has 1 aliphatic carbocycles. The van der Waals surface area contributed by atoms with Gasteiger partial charge in [0.05, 0.1) is 5.41 Å². The van der Waals surface area contributed by atoms with Crippen LogP contribution in [0.4, 0.5) is 10.1 Å². The molecule has 2 spiro atoms. The molecule has 3 atom stereocenters. The molecule has 25 heavy (non-hydrogen) atoms. The highest BCUT2D eigenvalue weighted by Gasteiger charge is 2.75. The molecule has 1 aromatic rings. The molecule has 3 aliphatic rings. The molecule has 2 fully saturated rings. The van der Waals surface area contributed by atoms with Crippen LogP contribution in [-0.2, 0) is 15.1 Å². The van der Waals surface area contributed by atoms with Gasteiger partial charge in [-0.1, -0.05) is 20.8 Å². The summed E-state index contributed by atoms with van der Waals surface area (Å²) in [5.41, 5.74) is -1.07. The zero-order valence-corrected chi connectivity index (χ0v) is 15.3. The maximum atomic E-state index is 14.1. The maximum Gasteiger partial charge on any atom is 0.250 e. The fourth-order valence-electron chi connectivity index (χ4n) is 6.02. The first-order valence-electron chi connectivity index (χ1n) is 9.03. The topological polar surface area (TPSA) is 49.4 Å². The monoisotopic (exact) mass is 344 g/mol. The Morgan fingerprint density at radius 3 is 2.68 bits per heavy atom. The smallest absolute Gasteiger partial charge is 0.250 e. The lowest BCUT2D eigenvalue weighted by Crippen LogP contribution is -2.62. The molecule has 2 heterocycles. The SMILES string of the molecule is C[C@H]1CCC2(C(=O)C1)C(C)(C)CN(C)C21C(=O)Nc2ccc(F)cc21. The van der Waals surface area contributed by atoms with Crippen LogP contribution in [0.15, 0.2) is 18.2 Å². The van der Waals surface area contributed by atoms with Crippen LogP contribution >= 0.6 is 0 Å². The molecule has 1 amide bonds. The molecule has 4 nitrogen and oxygen atoms in total. The summed E-state index contributed by atoms with van der Waals surface area (Å²) in [6.45, 7) is 6.87. The van der Waals surface area contributed by atoms with Crippen LogP contribution in [0.2, 0.25) is 0 Å². The zero-order valence-electron chi connectivity index (χ0n) is 15.3. The molecular formula is C20H25FN2O2. The Bertz CT molecular complexity index is 790. The van der Waals surface area contributed by atoms with Crippen molar-refractivity contribution in [1.82, 2.24) is 4.90 Å². The number of Topliss-reactive ketones (excluding diaryl/α,β-unsaturated/α-hetero) is 1. The van der Waals surface area contributed by atoms with Crippen LogP contribution in [0.1, 0.15) is 45.6 Å². The highest BCUT2D eigenvalue weighted by atomic mass is 19.1. The Kier molecular flexibility index (Phi) is 3.28. The Labute approximate surface area is 147 Å². The lowest BCUT2D eigenvalue weighted by atomic mass is 9.50. The normalized spacial score (nSPS) is 36.9. The van der Waals surface area contributed by atoms with E-state index >= 15 is 0 Å². The van der Waals surface area contributed by atoms with E-state index in [1.54, 1.807) is 6.07 Å². The Balaban J connectivity index is 2.04. The van der Waals surface area contributed by atoms with Crippen LogP contribution in [-0.4, -0.2) is 30.2 Å². The van der Waals surface area contributed by atoms with Crippen molar-refractivity contribution in [2.24, 2.45) is 16.7 Å². The molecule has 2 unspecified atom stereocenters. The van der Waals surface area contributed by atoms with Crippen LogP contribution in [0, 0.1) is 22.6 Å². The number of benzene rings is 1. The van der Waals surface area contributed by atoms with Crippen molar-refractivity contribution in [2.45, 2.75) is 45.6 Å². The second-order valence-corrected chi connectivity index (χ2v) is 8.77. The number of ketones is 1. The van der Waals surface area contributed by atoms with E-state index in [1.165, 1.54) is 12.1 Å². The number of carbonyl (C=O) groups is 2. The van der Waals surface area contributed by atoms with Crippen molar-refractivity contribution in [3.8, 4) is 0 Å². The summed E-state index contributed by atoms with van der Waals surface area (Å²) >= 11 is 0. The number of carbonyl (C=O) groups excluding carboxylic acids is 2. The fraction of sp³-hybridized carbons (Fsp3) is 0.600. The third-order valence-corrected chi connectivity index (χ3v) is 6.95. The molecule has 1 saturated carbocycles. The minimum Gasteiger partial charge on any atom is -0.324 e. The van der Waals surface area contributed by atoms with E-state index in [1.807, 2.05) is 11.9 Å². The molecule has 1 saturated heterocycles. The molecule has 1 aromatic carbocycles. The van der Waals surface area contributed by atoms with E-state index in [-0.39, 0.29) is 22.9 Å². The number of amides is 1. The van der Waals surface area contributed by atoms with Crippen LogP contribution in [0.5, 0.6) is 0 Å². The number of hydrogen-bond donors (Lipinski definition) is 1. The predicted molar refractivity (Wildman–Crippen MR) is 93.6 cm³/mol. The number of nitrogens with zero attached hydrogens (tertiary/aromatic N) is 1. The highest BCUT2D eigenvalue weighted by molar-refractivity contribution is 6.11. The minimum atomic E-state index is -1.12. The number of anilines is 1. The fourth-order valence-corrected chi connectivity index (χ4v) is 6.02. The van der Waals surface area contributed by atoms with Gasteiger partial charge in [0.25, 0.3) is 5.91 Å². The summed E-state index contributed by atoms with van der Waals surface area (Å²) in [6.07, 6.45) is 2.05. The number of likely N-dealkylation sites (N-methyl/N-ethyl adjacent to an activating group) is 1. The number of nitrogens with one attached hydrogen (secondary N) is 1. The van der Waals surface area contributed by atoms with Crippen molar-refractivity contribution >= 4 is 17.4 Å². The largest absolute Gasteiger partial charge is 0.324 e. The van der Waals surface area contributed by atoms with Gasteiger partial charge >= 0.3 is 0 Å². The van der Waals surface area contributed by atoms with E-state index in [2.05, 4.69) is 26.1 Å².